The molecule has 0 aliphatic carbocycles. The topological polar surface area (TPSA) is 12.0 Å². The molecule has 1 heteroatoms. The Kier molecular flexibility index (Phi) is 19.8. The summed E-state index contributed by atoms with van der Waals surface area (Å²) in [5.74, 6) is 0. The fourth-order valence-electron chi connectivity index (χ4n) is 5.33. The molecule has 1 unspecified atom stereocenters. The highest BCUT2D eigenvalue weighted by Gasteiger charge is 2.37. The zero-order valence-electron chi connectivity index (χ0n) is 29.0. The molecule has 1 atom stereocenters. The van der Waals surface area contributed by atoms with E-state index in [2.05, 4.69) is 174 Å². The Balaban J connectivity index is 0.00000131. The van der Waals surface area contributed by atoms with Crippen molar-refractivity contribution in [1.82, 2.24) is 0 Å². The number of nitrogens with one attached hydrogen (secondary N) is 1. The maximum absolute atomic E-state index is 4.16. The van der Waals surface area contributed by atoms with Crippen molar-refractivity contribution in [3.63, 3.8) is 0 Å². The SMILES string of the molecule is C/C=C\CC.C=C/C=C(\C=C/C)C(CC=C)(c1ccccc1)c1cc(NC/C=C\C(=C/CC)c2ccccc2)ccc1C.CC. The molecule has 3 rings (SSSR count). The number of anilines is 1. The molecular formula is C44H57N. The van der Waals surface area contributed by atoms with Gasteiger partial charge in [-0.15, -0.1) is 6.58 Å². The predicted octanol–water partition coefficient (Wildman–Crippen LogP) is 13.0. The first-order valence-corrected chi connectivity index (χ1v) is 16.5. The first-order chi connectivity index (χ1) is 22.0. The Morgan fingerprint density at radius 1 is 0.800 bits per heavy atom. The number of hydrogen-bond acceptors (Lipinski definition) is 1. The van der Waals surface area contributed by atoms with Crippen LogP contribution in [0.1, 0.15) is 83.1 Å². The van der Waals surface area contributed by atoms with Gasteiger partial charge in [-0.05, 0) is 85.6 Å². The second kappa shape index (κ2) is 23.1. The van der Waals surface area contributed by atoms with E-state index in [1.165, 1.54) is 33.4 Å². The molecular weight excluding hydrogens is 542 g/mol. The molecule has 0 saturated carbocycles. The van der Waals surface area contributed by atoms with Gasteiger partial charge in [0.25, 0.3) is 0 Å². The van der Waals surface area contributed by atoms with Crippen LogP contribution in [0.25, 0.3) is 5.57 Å². The van der Waals surface area contributed by atoms with Crippen molar-refractivity contribution in [3.05, 3.63) is 181 Å². The fourth-order valence-corrected chi connectivity index (χ4v) is 5.33. The molecule has 1 nitrogen and oxygen atoms in total. The highest BCUT2D eigenvalue weighted by atomic mass is 14.9. The van der Waals surface area contributed by atoms with E-state index in [4.69, 9.17) is 0 Å². The second-order valence-corrected chi connectivity index (χ2v) is 10.3. The minimum absolute atomic E-state index is 0.383. The summed E-state index contributed by atoms with van der Waals surface area (Å²) in [7, 11) is 0. The molecule has 45 heavy (non-hydrogen) atoms. The van der Waals surface area contributed by atoms with E-state index in [1.807, 2.05) is 32.9 Å². The second-order valence-electron chi connectivity index (χ2n) is 10.3. The molecule has 0 spiro atoms. The van der Waals surface area contributed by atoms with E-state index in [0.29, 0.717) is 0 Å². The van der Waals surface area contributed by atoms with Gasteiger partial charge in [0.05, 0.1) is 0 Å². The van der Waals surface area contributed by atoms with Gasteiger partial charge in [0.2, 0.25) is 0 Å². The third-order valence-electron chi connectivity index (χ3n) is 7.27. The standard InChI is InChI=1S/C37H41N.C5H10.C2H6/c1-6-17-31(32-20-12-10-13-21-32)22-16-28-38-35-26-25-30(5)36(29-35)37(27-9-4,33(18-7-2)19-8-3)34-23-14-11-15-24-34;1-3-5-4-2;1-2/h7-26,29,38H,2,4,6,27-28H2,1,3,5H3;3,5H,4H2,1-2H3;1-2H3/b19-8-,22-16-,31-17+,33-18+;5-3-;. The van der Waals surface area contributed by atoms with Crippen molar-refractivity contribution in [2.45, 2.75) is 73.1 Å². The lowest BCUT2D eigenvalue weighted by atomic mass is 9.65. The Bertz CT molecular complexity index is 1400. The lowest BCUT2D eigenvalue weighted by molar-refractivity contribution is 0.622. The van der Waals surface area contributed by atoms with E-state index in [9.17, 15) is 0 Å². The van der Waals surface area contributed by atoms with Crippen LogP contribution < -0.4 is 5.32 Å². The summed E-state index contributed by atoms with van der Waals surface area (Å²) in [5, 5.41) is 3.63. The molecule has 238 valence electrons. The van der Waals surface area contributed by atoms with Crippen LogP contribution in [0.2, 0.25) is 0 Å². The first kappa shape index (κ1) is 38.7. The van der Waals surface area contributed by atoms with E-state index in [0.717, 1.165) is 31.5 Å². The van der Waals surface area contributed by atoms with Crippen LogP contribution >= 0.6 is 0 Å². The lowest BCUT2D eigenvalue weighted by Gasteiger charge is -2.37. The Morgan fingerprint density at radius 2 is 1.47 bits per heavy atom. The number of rotatable bonds is 14. The summed E-state index contributed by atoms with van der Waals surface area (Å²) in [6.45, 7) is 23.5. The number of aryl methyl sites for hydroxylation is 1. The maximum Gasteiger partial charge on any atom is 0.0488 e. The quantitative estimate of drug-likeness (QED) is 0.144. The molecule has 0 heterocycles. The largest absolute Gasteiger partial charge is 0.382 e. The molecule has 0 fully saturated rings. The average Bonchev–Trinajstić information content (AvgIpc) is 3.08. The summed E-state index contributed by atoms with van der Waals surface area (Å²) in [4.78, 5) is 0. The Labute approximate surface area is 276 Å². The normalized spacial score (nSPS) is 13.0. The maximum atomic E-state index is 4.16. The van der Waals surface area contributed by atoms with Gasteiger partial charge in [-0.1, -0.05) is 162 Å². The van der Waals surface area contributed by atoms with Crippen molar-refractivity contribution in [1.29, 1.82) is 0 Å². The van der Waals surface area contributed by atoms with E-state index in [1.54, 1.807) is 0 Å². The van der Waals surface area contributed by atoms with Crippen LogP contribution in [-0.4, -0.2) is 6.54 Å². The van der Waals surface area contributed by atoms with E-state index >= 15 is 0 Å². The molecule has 0 radical (unpaired) electrons. The summed E-state index contributed by atoms with van der Waals surface area (Å²) < 4.78 is 0. The van der Waals surface area contributed by atoms with Gasteiger partial charge in [-0.3, -0.25) is 0 Å². The summed E-state index contributed by atoms with van der Waals surface area (Å²) >= 11 is 0. The molecule has 0 amide bonds. The van der Waals surface area contributed by atoms with Crippen molar-refractivity contribution in [2.75, 3.05) is 11.9 Å². The smallest absolute Gasteiger partial charge is 0.0488 e. The number of hydrogen-bond donors (Lipinski definition) is 1. The lowest BCUT2D eigenvalue weighted by Crippen LogP contribution is -2.30. The van der Waals surface area contributed by atoms with Gasteiger partial charge in [0.1, 0.15) is 0 Å². The zero-order valence-corrected chi connectivity index (χ0v) is 29.0. The van der Waals surface area contributed by atoms with Crippen molar-refractivity contribution < 1.29 is 0 Å². The monoisotopic (exact) mass is 599 g/mol. The highest BCUT2D eigenvalue weighted by molar-refractivity contribution is 5.74. The van der Waals surface area contributed by atoms with Crippen LogP contribution in [0.15, 0.2) is 158 Å². The van der Waals surface area contributed by atoms with Gasteiger partial charge in [-0.25, -0.2) is 0 Å². The highest BCUT2D eigenvalue weighted by Crippen LogP contribution is 2.45. The Hall–Kier alpha value is -4.36. The van der Waals surface area contributed by atoms with Crippen LogP contribution in [0, 0.1) is 6.92 Å². The van der Waals surface area contributed by atoms with Gasteiger partial charge in [0.15, 0.2) is 0 Å². The van der Waals surface area contributed by atoms with E-state index < -0.39 is 0 Å². The number of allylic oxidation sites excluding steroid dienone is 11. The van der Waals surface area contributed by atoms with Crippen molar-refractivity contribution in [2.24, 2.45) is 0 Å². The van der Waals surface area contributed by atoms with Crippen LogP contribution in [-0.2, 0) is 5.41 Å². The zero-order chi connectivity index (χ0) is 33.3. The predicted molar refractivity (Wildman–Crippen MR) is 205 cm³/mol. The summed E-state index contributed by atoms with van der Waals surface area (Å²) in [6.07, 6.45) is 24.1. The van der Waals surface area contributed by atoms with Gasteiger partial charge < -0.3 is 5.32 Å². The fraction of sp³-hybridized carbons (Fsp3) is 0.273. The van der Waals surface area contributed by atoms with Crippen molar-refractivity contribution >= 4 is 11.3 Å². The van der Waals surface area contributed by atoms with Crippen LogP contribution in [0.4, 0.5) is 5.69 Å². The van der Waals surface area contributed by atoms with Crippen LogP contribution in [0.3, 0.4) is 0 Å². The van der Waals surface area contributed by atoms with Crippen molar-refractivity contribution in [3.8, 4) is 0 Å². The summed E-state index contributed by atoms with van der Waals surface area (Å²) in [6, 6.07) is 28.0. The molecule has 3 aromatic carbocycles. The molecule has 1 N–H and O–H groups in total. The molecule has 0 saturated heterocycles. The third kappa shape index (κ3) is 11.9. The summed E-state index contributed by atoms with van der Waals surface area (Å²) in [5.41, 5.74) is 8.14. The molecule has 0 aliphatic rings. The first-order valence-electron chi connectivity index (χ1n) is 16.5. The van der Waals surface area contributed by atoms with E-state index in [-0.39, 0.29) is 5.41 Å². The van der Waals surface area contributed by atoms with Gasteiger partial charge >= 0.3 is 0 Å². The van der Waals surface area contributed by atoms with Crippen LogP contribution in [0.5, 0.6) is 0 Å². The molecule has 3 aromatic rings. The third-order valence-corrected chi connectivity index (χ3v) is 7.27. The average molecular weight is 600 g/mol. The molecule has 0 aliphatic heterocycles. The minimum Gasteiger partial charge on any atom is -0.382 e. The van der Waals surface area contributed by atoms with Gasteiger partial charge in [-0.2, -0.15) is 0 Å². The Morgan fingerprint density at radius 3 is 2.00 bits per heavy atom. The van der Waals surface area contributed by atoms with Gasteiger partial charge in [0, 0.05) is 17.6 Å². The molecule has 0 aromatic heterocycles. The minimum atomic E-state index is -0.383. The number of benzene rings is 3. The molecule has 0 bridgehead atoms.